The molecule has 0 radical (unpaired) electrons. The van der Waals surface area contributed by atoms with Gasteiger partial charge in [-0.3, -0.25) is 0 Å². The van der Waals surface area contributed by atoms with Gasteiger partial charge >= 0.3 is 6.18 Å². The topological polar surface area (TPSA) is 23.8 Å². The molecule has 0 atom stereocenters. The van der Waals surface area contributed by atoms with Gasteiger partial charge < -0.3 is 0 Å². The van der Waals surface area contributed by atoms with Crippen LogP contribution in [0.2, 0.25) is 0 Å². The predicted octanol–water partition coefficient (Wildman–Crippen LogP) is 4.89. The van der Waals surface area contributed by atoms with Crippen molar-refractivity contribution in [1.29, 1.82) is 5.26 Å². The first-order valence-corrected chi connectivity index (χ1v) is 6.16. The smallest absolute Gasteiger partial charge is 0.206 e. The maximum absolute atomic E-state index is 13.9. The molecule has 5 heteroatoms. The summed E-state index contributed by atoms with van der Waals surface area (Å²) in [6, 6.07) is 9.52. The SMILES string of the molecule is Cc1cc(CC#N)ccc1-c1ccc(C(F)(F)F)cc1F. The first kappa shape index (κ1) is 15.0. The van der Waals surface area contributed by atoms with Gasteiger partial charge in [0.25, 0.3) is 0 Å². The van der Waals surface area contributed by atoms with Crippen LogP contribution in [0.5, 0.6) is 0 Å². The number of rotatable bonds is 2. The third-order valence-electron chi connectivity index (χ3n) is 3.16. The average molecular weight is 293 g/mol. The van der Waals surface area contributed by atoms with Crippen molar-refractivity contribution in [3.63, 3.8) is 0 Å². The minimum Gasteiger partial charge on any atom is -0.206 e. The summed E-state index contributed by atoms with van der Waals surface area (Å²) in [5, 5.41) is 8.63. The van der Waals surface area contributed by atoms with E-state index in [0.717, 1.165) is 17.7 Å². The van der Waals surface area contributed by atoms with Crippen LogP contribution in [-0.2, 0) is 12.6 Å². The molecule has 0 unspecified atom stereocenters. The van der Waals surface area contributed by atoms with Crippen LogP contribution in [0.3, 0.4) is 0 Å². The van der Waals surface area contributed by atoms with E-state index in [1.807, 2.05) is 6.07 Å². The second kappa shape index (κ2) is 5.57. The minimum atomic E-state index is -4.56. The van der Waals surface area contributed by atoms with Gasteiger partial charge in [-0.2, -0.15) is 18.4 Å². The Balaban J connectivity index is 2.46. The number of halogens is 4. The second-order valence-electron chi connectivity index (χ2n) is 4.68. The number of benzene rings is 2. The Morgan fingerprint density at radius 1 is 1.05 bits per heavy atom. The highest BCUT2D eigenvalue weighted by Gasteiger charge is 2.31. The lowest BCUT2D eigenvalue weighted by Crippen LogP contribution is -2.05. The monoisotopic (exact) mass is 293 g/mol. The van der Waals surface area contributed by atoms with Gasteiger partial charge in [-0.1, -0.05) is 24.3 Å². The van der Waals surface area contributed by atoms with Crippen molar-refractivity contribution >= 4 is 0 Å². The molecule has 108 valence electrons. The predicted molar refractivity (Wildman–Crippen MR) is 70.9 cm³/mol. The number of nitrogens with zero attached hydrogens (tertiary/aromatic N) is 1. The maximum Gasteiger partial charge on any atom is 0.416 e. The number of hydrogen-bond acceptors (Lipinski definition) is 1. The second-order valence-corrected chi connectivity index (χ2v) is 4.68. The molecule has 0 N–H and O–H groups in total. The Morgan fingerprint density at radius 2 is 1.71 bits per heavy atom. The van der Waals surface area contributed by atoms with Crippen molar-refractivity contribution in [2.45, 2.75) is 19.5 Å². The standard InChI is InChI=1S/C16H11F4N/c1-10-8-11(6-7-21)2-4-13(10)14-5-3-12(9-15(14)17)16(18,19)20/h2-5,8-9H,6H2,1H3. The van der Waals surface area contributed by atoms with Crippen LogP contribution in [-0.4, -0.2) is 0 Å². The molecule has 0 heterocycles. The van der Waals surface area contributed by atoms with Crippen LogP contribution < -0.4 is 0 Å². The molecule has 2 rings (SSSR count). The summed E-state index contributed by atoms with van der Waals surface area (Å²) in [5.74, 6) is -0.916. The van der Waals surface area contributed by atoms with Gasteiger partial charge in [-0.15, -0.1) is 0 Å². The van der Waals surface area contributed by atoms with E-state index in [-0.39, 0.29) is 12.0 Å². The molecule has 0 saturated carbocycles. The molecule has 0 aliphatic rings. The summed E-state index contributed by atoms with van der Waals surface area (Å²) >= 11 is 0. The molecule has 0 bridgehead atoms. The third kappa shape index (κ3) is 3.22. The van der Waals surface area contributed by atoms with Crippen LogP contribution in [0.4, 0.5) is 17.6 Å². The highest BCUT2D eigenvalue weighted by molar-refractivity contribution is 5.68. The largest absolute Gasteiger partial charge is 0.416 e. The first-order valence-electron chi connectivity index (χ1n) is 6.16. The van der Waals surface area contributed by atoms with Gasteiger partial charge in [0, 0.05) is 5.56 Å². The van der Waals surface area contributed by atoms with Gasteiger partial charge in [-0.25, -0.2) is 4.39 Å². The van der Waals surface area contributed by atoms with Crippen molar-refractivity contribution in [3.8, 4) is 17.2 Å². The normalized spacial score (nSPS) is 11.2. The molecule has 2 aromatic rings. The lowest BCUT2D eigenvalue weighted by Gasteiger charge is -2.11. The lowest BCUT2D eigenvalue weighted by molar-refractivity contribution is -0.137. The number of hydrogen-bond donors (Lipinski definition) is 0. The Labute approximate surface area is 119 Å². The summed E-state index contributed by atoms with van der Waals surface area (Å²) in [4.78, 5) is 0. The van der Waals surface area contributed by atoms with E-state index in [1.165, 1.54) is 0 Å². The number of alkyl halides is 3. The average Bonchev–Trinajstić information content (AvgIpc) is 2.39. The summed E-state index contributed by atoms with van der Waals surface area (Å²) in [7, 11) is 0. The van der Waals surface area contributed by atoms with E-state index >= 15 is 0 Å². The zero-order valence-electron chi connectivity index (χ0n) is 11.1. The van der Waals surface area contributed by atoms with Crippen LogP contribution in [0.1, 0.15) is 16.7 Å². The maximum atomic E-state index is 13.9. The summed E-state index contributed by atoms with van der Waals surface area (Å²) in [5.41, 5.74) is 1.11. The summed E-state index contributed by atoms with van der Waals surface area (Å²) in [6.45, 7) is 1.73. The van der Waals surface area contributed by atoms with Crippen molar-refractivity contribution in [2.24, 2.45) is 0 Å². The molecule has 0 aliphatic heterocycles. The van der Waals surface area contributed by atoms with Gasteiger partial charge in [0.05, 0.1) is 18.1 Å². The van der Waals surface area contributed by atoms with Crippen molar-refractivity contribution in [3.05, 3.63) is 58.9 Å². The van der Waals surface area contributed by atoms with Crippen molar-refractivity contribution in [1.82, 2.24) is 0 Å². The van der Waals surface area contributed by atoms with E-state index in [4.69, 9.17) is 5.26 Å². The Bertz CT molecular complexity index is 711. The Morgan fingerprint density at radius 3 is 2.24 bits per heavy atom. The van der Waals surface area contributed by atoms with E-state index in [1.54, 1.807) is 25.1 Å². The molecule has 0 fully saturated rings. The fourth-order valence-corrected chi connectivity index (χ4v) is 2.14. The van der Waals surface area contributed by atoms with E-state index in [9.17, 15) is 17.6 Å². The van der Waals surface area contributed by atoms with Crippen LogP contribution in [0.25, 0.3) is 11.1 Å². The summed E-state index contributed by atoms with van der Waals surface area (Å²) < 4.78 is 51.5. The van der Waals surface area contributed by atoms with E-state index in [2.05, 4.69) is 0 Å². The fraction of sp³-hybridized carbons (Fsp3) is 0.188. The molecular formula is C16H11F4N. The molecule has 0 spiro atoms. The molecule has 0 aliphatic carbocycles. The van der Waals surface area contributed by atoms with Gasteiger partial charge in [0.2, 0.25) is 0 Å². The fourth-order valence-electron chi connectivity index (χ4n) is 2.14. The lowest BCUT2D eigenvalue weighted by atomic mass is 9.96. The van der Waals surface area contributed by atoms with E-state index < -0.39 is 17.6 Å². The van der Waals surface area contributed by atoms with Gasteiger partial charge in [0.1, 0.15) is 5.82 Å². The molecule has 1 nitrogen and oxygen atoms in total. The molecule has 21 heavy (non-hydrogen) atoms. The highest BCUT2D eigenvalue weighted by Crippen LogP contribution is 2.33. The molecule has 2 aromatic carbocycles. The molecule has 0 saturated heterocycles. The molecule has 0 aromatic heterocycles. The van der Waals surface area contributed by atoms with Crippen LogP contribution in [0.15, 0.2) is 36.4 Å². The molecular weight excluding hydrogens is 282 g/mol. The highest BCUT2D eigenvalue weighted by atomic mass is 19.4. The minimum absolute atomic E-state index is 0.115. The zero-order chi connectivity index (χ0) is 15.6. The molecule has 0 amide bonds. The quantitative estimate of drug-likeness (QED) is 0.723. The van der Waals surface area contributed by atoms with Crippen LogP contribution in [0, 0.1) is 24.1 Å². The van der Waals surface area contributed by atoms with Crippen molar-refractivity contribution in [2.75, 3.05) is 0 Å². The number of aryl methyl sites for hydroxylation is 1. The van der Waals surface area contributed by atoms with Crippen LogP contribution >= 0.6 is 0 Å². The van der Waals surface area contributed by atoms with Gasteiger partial charge in [0.15, 0.2) is 0 Å². The van der Waals surface area contributed by atoms with E-state index in [0.29, 0.717) is 17.2 Å². The Kier molecular flexibility index (Phi) is 3.99. The van der Waals surface area contributed by atoms with Crippen molar-refractivity contribution < 1.29 is 17.6 Å². The van der Waals surface area contributed by atoms with Gasteiger partial charge in [-0.05, 0) is 35.7 Å². The number of nitriles is 1. The Hall–Kier alpha value is -2.35. The zero-order valence-corrected chi connectivity index (χ0v) is 11.1. The summed E-state index contributed by atoms with van der Waals surface area (Å²) in [6.07, 6.45) is -4.33. The third-order valence-corrected chi connectivity index (χ3v) is 3.16. The first-order chi connectivity index (χ1) is 9.82.